The van der Waals surface area contributed by atoms with Gasteiger partial charge < -0.3 is 10.1 Å². The fourth-order valence-corrected chi connectivity index (χ4v) is 2.20. The van der Waals surface area contributed by atoms with Gasteiger partial charge in [-0.05, 0) is 36.2 Å². The lowest BCUT2D eigenvalue weighted by Crippen LogP contribution is -2.23. The van der Waals surface area contributed by atoms with E-state index in [0.29, 0.717) is 0 Å². The van der Waals surface area contributed by atoms with Crippen molar-refractivity contribution < 1.29 is 13.5 Å². The molecule has 0 amide bonds. The number of nitrogens with one attached hydrogen (secondary N) is 1. The summed E-state index contributed by atoms with van der Waals surface area (Å²) in [5, 5.41) is 3.47. The molecule has 0 bridgehead atoms. The van der Waals surface area contributed by atoms with Crippen LogP contribution in [-0.2, 0) is 0 Å². The van der Waals surface area contributed by atoms with E-state index in [-0.39, 0.29) is 11.8 Å². The Kier molecular flexibility index (Phi) is 5.69. The molecule has 0 fully saturated rings. The zero-order valence-corrected chi connectivity index (χ0v) is 11.9. The van der Waals surface area contributed by atoms with Crippen molar-refractivity contribution in [3.05, 3.63) is 65.7 Å². The molecule has 0 saturated heterocycles. The fraction of sp³-hybridized carbons (Fsp3) is 0.294. The summed E-state index contributed by atoms with van der Waals surface area (Å²) in [6.45, 7) is 0.197. The van der Waals surface area contributed by atoms with Crippen LogP contribution in [0.15, 0.2) is 54.6 Å². The standard InChI is InChI=1S/C17H19F2NO/c1-2-12-20-16(13-6-4-3-5-7-13)14-8-10-15(11-9-14)21-17(18)19/h3-11,16-17,20H,2,12H2,1H3. The van der Waals surface area contributed by atoms with Gasteiger partial charge in [-0.15, -0.1) is 0 Å². The largest absolute Gasteiger partial charge is 0.435 e. The van der Waals surface area contributed by atoms with E-state index < -0.39 is 6.61 Å². The molecule has 0 radical (unpaired) electrons. The van der Waals surface area contributed by atoms with E-state index in [1.54, 1.807) is 12.1 Å². The van der Waals surface area contributed by atoms with Crippen LogP contribution in [-0.4, -0.2) is 13.2 Å². The van der Waals surface area contributed by atoms with Crippen LogP contribution in [0.25, 0.3) is 0 Å². The molecule has 0 aromatic heterocycles. The molecule has 1 atom stereocenters. The average molecular weight is 291 g/mol. The van der Waals surface area contributed by atoms with Gasteiger partial charge in [0.05, 0.1) is 6.04 Å². The van der Waals surface area contributed by atoms with Gasteiger partial charge in [-0.2, -0.15) is 8.78 Å². The van der Waals surface area contributed by atoms with Crippen molar-refractivity contribution >= 4 is 0 Å². The lowest BCUT2D eigenvalue weighted by molar-refractivity contribution is -0.0498. The zero-order chi connectivity index (χ0) is 15.1. The van der Waals surface area contributed by atoms with Crippen LogP contribution in [0.4, 0.5) is 8.78 Å². The third kappa shape index (κ3) is 4.53. The molecule has 2 rings (SSSR count). The maximum absolute atomic E-state index is 12.2. The quantitative estimate of drug-likeness (QED) is 0.817. The minimum Gasteiger partial charge on any atom is -0.435 e. The maximum atomic E-state index is 12.2. The Morgan fingerprint density at radius 1 is 0.952 bits per heavy atom. The highest BCUT2D eigenvalue weighted by atomic mass is 19.3. The molecule has 0 aliphatic rings. The lowest BCUT2D eigenvalue weighted by atomic mass is 9.98. The molecule has 0 saturated carbocycles. The summed E-state index contributed by atoms with van der Waals surface area (Å²) >= 11 is 0. The molecule has 0 aliphatic heterocycles. The van der Waals surface area contributed by atoms with Crippen molar-refractivity contribution in [3.8, 4) is 5.75 Å². The van der Waals surface area contributed by atoms with Gasteiger partial charge >= 0.3 is 6.61 Å². The van der Waals surface area contributed by atoms with Crippen LogP contribution in [0, 0.1) is 0 Å². The predicted octanol–water partition coefficient (Wildman–Crippen LogP) is 4.38. The molecule has 21 heavy (non-hydrogen) atoms. The minimum absolute atomic E-state index is 0.0479. The molecular formula is C17H19F2NO. The Balaban J connectivity index is 2.20. The third-order valence-corrected chi connectivity index (χ3v) is 3.17. The second-order valence-electron chi connectivity index (χ2n) is 4.75. The third-order valence-electron chi connectivity index (χ3n) is 3.17. The van der Waals surface area contributed by atoms with E-state index in [1.807, 2.05) is 30.3 Å². The molecule has 2 aromatic carbocycles. The number of hydrogen-bond donors (Lipinski definition) is 1. The van der Waals surface area contributed by atoms with Crippen molar-refractivity contribution in [1.82, 2.24) is 5.32 Å². The molecule has 112 valence electrons. The molecule has 0 spiro atoms. The van der Waals surface area contributed by atoms with Gasteiger partial charge in [-0.1, -0.05) is 49.4 Å². The van der Waals surface area contributed by atoms with Crippen molar-refractivity contribution in [2.24, 2.45) is 0 Å². The van der Waals surface area contributed by atoms with Crippen molar-refractivity contribution in [2.45, 2.75) is 26.0 Å². The molecule has 2 nitrogen and oxygen atoms in total. The summed E-state index contributed by atoms with van der Waals surface area (Å²) in [5.74, 6) is 0.177. The molecular weight excluding hydrogens is 272 g/mol. The van der Waals surface area contributed by atoms with Crippen LogP contribution < -0.4 is 10.1 Å². The smallest absolute Gasteiger partial charge is 0.387 e. The zero-order valence-electron chi connectivity index (χ0n) is 11.9. The van der Waals surface area contributed by atoms with Gasteiger partial charge in [0, 0.05) is 0 Å². The fourth-order valence-electron chi connectivity index (χ4n) is 2.20. The number of ether oxygens (including phenoxy) is 1. The molecule has 2 aromatic rings. The van der Waals surface area contributed by atoms with E-state index in [2.05, 4.69) is 29.1 Å². The van der Waals surface area contributed by atoms with Crippen LogP contribution in [0.2, 0.25) is 0 Å². The molecule has 1 N–H and O–H groups in total. The highest BCUT2D eigenvalue weighted by molar-refractivity contribution is 5.35. The SMILES string of the molecule is CCCNC(c1ccccc1)c1ccc(OC(F)F)cc1. The predicted molar refractivity (Wildman–Crippen MR) is 79.7 cm³/mol. The first-order valence-corrected chi connectivity index (χ1v) is 7.03. The van der Waals surface area contributed by atoms with Crippen LogP contribution in [0.5, 0.6) is 5.75 Å². The number of halogens is 2. The van der Waals surface area contributed by atoms with E-state index in [4.69, 9.17) is 0 Å². The second-order valence-corrected chi connectivity index (χ2v) is 4.75. The van der Waals surface area contributed by atoms with Crippen LogP contribution in [0.3, 0.4) is 0 Å². The Labute approximate surface area is 123 Å². The van der Waals surface area contributed by atoms with Crippen LogP contribution >= 0.6 is 0 Å². The van der Waals surface area contributed by atoms with Gasteiger partial charge in [-0.25, -0.2) is 0 Å². The highest BCUT2D eigenvalue weighted by Gasteiger charge is 2.13. The van der Waals surface area contributed by atoms with Gasteiger partial charge in [-0.3, -0.25) is 0 Å². The Bertz CT molecular complexity index is 528. The highest BCUT2D eigenvalue weighted by Crippen LogP contribution is 2.24. The summed E-state index contributed by atoms with van der Waals surface area (Å²) < 4.78 is 28.7. The topological polar surface area (TPSA) is 21.3 Å². The first-order valence-electron chi connectivity index (χ1n) is 7.03. The lowest BCUT2D eigenvalue weighted by Gasteiger charge is -2.20. The van der Waals surface area contributed by atoms with E-state index >= 15 is 0 Å². The number of benzene rings is 2. The van der Waals surface area contributed by atoms with E-state index in [1.165, 1.54) is 0 Å². The minimum atomic E-state index is -2.79. The second kappa shape index (κ2) is 7.74. The summed E-state index contributed by atoms with van der Waals surface area (Å²) in [6, 6.07) is 16.9. The van der Waals surface area contributed by atoms with Crippen molar-refractivity contribution in [2.75, 3.05) is 6.54 Å². The molecule has 4 heteroatoms. The molecule has 0 aliphatic carbocycles. The Morgan fingerprint density at radius 2 is 1.57 bits per heavy atom. The number of alkyl halides is 2. The first-order chi connectivity index (χ1) is 10.2. The van der Waals surface area contributed by atoms with Gasteiger partial charge in [0.25, 0.3) is 0 Å². The molecule has 0 heterocycles. The average Bonchev–Trinajstić information content (AvgIpc) is 2.50. The normalized spacial score (nSPS) is 12.4. The summed E-state index contributed by atoms with van der Waals surface area (Å²) in [7, 11) is 0. The van der Waals surface area contributed by atoms with Crippen LogP contribution in [0.1, 0.15) is 30.5 Å². The monoisotopic (exact) mass is 291 g/mol. The van der Waals surface area contributed by atoms with Crippen molar-refractivity contribution in [3.63, 3.8) is 0 Å². The summed E-state index contributed by atoms with van der Waals surface area (Å²) in [6.07, 6.45) is 1.02. The summed E-state index contributed by atoms with van der Waals surface area (Å²) in [5.41, 5.74) is 2.17. The maximum Gasteiger partial charge on any atom is 0.387 e. The number of rotatable bonds is 7. The van der Waals surface area contributed by atoms with E-state index in [9.17, 15) is 8.78 Å². The van der Waals surface area contributed by atoms with Gasteiger partial charge in [0.15, 0.2) is 0 Å². The van der Waals surface area contributed by atoms with Gasteiger partial charge in [0.2, 0.25) is 0 Å². The van der Waals surface area contributed by atoms with Crippen molar-refractivity contribution in [1.29, 1.82) is 0 Å². The Morgan fingerprint density at radius 3 is 2.14 bits per heavy atom. The first kappa shape index (κ1) is 15.4. The number of hydrogen-bond acceptors (Lipinski definition) is 2. The summed E-state index contributed by atoms with van der Waals surface area (Å²) in [4.78, 5) is 0. The van der Waals surface area contributed by atoms with E-state index in [0.717, 1.165) is 24.1 Å². The Hall–Kier alpha value is -1.94. The molecule has 1 unspecified atom stereocenters. The van der Waals surface area contributed by atoms with Gasteiger partial charge in [0.1, 0.15) is 5.75 Å².